The van der Waals surface area contributed by atoms with Crippen LogP contribution in [0.15, 0.2) is 36.4 Å². The number of carbonyl (C=O) groups is 1. The number of carbonyl (C=O) groups excluding carboxylic acids is 1. The maximum atomic E-state index is 11.9. The summed E-state index contributed by atoms with van der Waals surface area (Å²) >= 11 is 0. The minimum atomic E-state index is 0.0392. The second kappa shape index (κ2) is 9.13. The van der Waals surface area contributed by atoms with Crippen LogP contribution in [0.25, 0.3) is 0 Å². The first-order chi connectivity index (χ1) is 14.6. The third-order valence-corrected chi connectivity index (χ3v) is 5.68. The first-order valence-electron chi connectivity index (χ1n) is 10.7. The lowest BCUT2D eigenvalue weighted by Gasteiger charge is -2.31. The summed E-state index contributed by atoms with van der Waals surface area (Å²) < 4.78 is 5.41. The summed E-state index contributed by atoms with van der Waals surface area (Å²) in [6, 6.07) is 12.4. The molecule has 0 fully saturated rings. The molecule has 4 rings (SSSR count). The van der Waals surface area contributed by atoms with Gasteiger partial charge in [0.25, 0.3) is 0 Å². The molecule has 2 aliphatic rings. The Bertz CT molecular complexity index is 990. The highest BCUT2D eigenvalue weighted by Crippen LogP contribution is 2.31. The first kappa shape index (κ1) is 20.2. The van der Waals surface area contributed by atoms with E-state index in [0.29, 0.717) is 6.42 Å². The van der Waals surface area contributed by atoms with Gasteiger partial charge in [-0.15, -0.1) is 0 Å². The number of amides is 1. The standard InChI is InChI=1S/C25H29N3O2/c1-18-16-24(29)27-22-11-6-9-20(25(22)26-18)8-4-3-5-14-28-15-7-10-19-12-13-21(30-2)17-23(19)28/h6,9,11-13,17-18,26H,3,5,7,10,14-16H2,1-2H3,(H,27,29)/t18-/m1/s1. The Morgan fingerprint density at radius 3 is 3.03 bits per heavy atom. The molecule has 30 heavy (non-hydrogen) atoms. The molecule has 0 bridgehead atoms. The van der Waals surface area contributed by atoms with Gasteiger partial charge in [-0.2, -0.15) is 0 Å². The Balaban J connectivity index is 1.40. The van der Waals surface area contributed by atoms with Crippen molar-refractivity contribution in [3.8, 4) is 17.6 Å². The molecule has 1 atom stereocenters. The van der Waals surface area contributed by atoms with Crippen molar-refractivity contribution >= 4 is 23.0 Å². The summed E-state index contributed by atoms with van der Waals surface area (Å²) in [4.78, 5) is 14.4. The zero-order valence-corrected chi connectivity index (χ0v) is 17.8. The van der Waals surface area contributed by atoms with Crippen molar-refractivity contribution in [2.75, 3.05) is 35.7 Å². The number of para-hydroxylation sites is 1. The largest absolute Gasteiger partial charge is 0.497 e. The molecule has 156 valence electrons. The fourth-order valence-corrected chi connectivity index (χ4v) is 4.20. The number of anilines is 3. The number of ether oxygens (including phenoxy) is 1. The Morgan fingerprint density at radius 2 is 2.17 bits per heavy atom. The number of fused-ring (bicyclic) bond motifs is 2. The number of aryl methyl sites for hydroxylation is 1. The summed E-state index contributed by atoms with van der Waals surface area (Å²) in [6.07, 6.45) is 4.64. The average Bonchev–Trinajstić information content (AvgIpc) is 2.90. The number of nitrogens with one attached hydrogen (secondary N) is 2. The summed E-state index contributed by atoms with van der Waals surface area (Å²) in [5.41, 5.74) is 5.39. The Labute approximate surface area is 178 Å². The lowest BCUT2D eigenvalue weighted by Crippen LogP contribution is -2.30. The monoisotopic (exact) mass is 403 g/mol. The molecule has 2 aliphatic heterocycles. The lowest BCUT2D eigenvalue weighted by molar-refractivity contribution is -0.116. The number of hydrogen-bond donors (Lipinski definition) is 2. The molecule has 1 amide bonds. The third kappa shape index (κ3) is 4.54. The van der Waals surface area contributed by atoms with E-state index in [2.05, 4.69) is 39.5 Å². The first-order valence-corrected chi connectivity index (χ1v) is 10.7. The third-order valence-electron chi connectivity index (χ3n) is 5.68. The van der Waals surface area contributed by atoms with Gasteiger partial charge in [0, 0.05) is 49.3 Å². The van der Waals surface area contributed by atoms with Gasteiger partial charge in [0.2, 0.25) is 5.91 Å². The zero-order chi connectivity index (χ0) is 20.9. The highest BCUT2D eigenvalue weighted by Gasteiger charge is 2.19. The molecule has 2 aromatic carbocycles. The number of unbranched alkanes of at least 4 members (excludes halogenated alkanes) is 1. The molecule has 2 heterocycles. The van der Waals surface area contributed by atoms with Gasteiger partial charge in [-0.05, 0) is 49.9 Å². The van der Waals surface area contributed by atoms with Gasteiger partial charge in [0.1, 0.15) is 5.75 Å². The number of rotatable bonds is 4. The Hall–Kier alpha value is -3.13. The fourth-order valence-electron chi connectivity index (χ4n) is 4.20. The van der Waals surface area contributed by atoms with Crippen LogP contribution in [0.1, 0.15) is 43.7 Å². The smallest absolute Gasteiger partial charge is 0.226 e. The molecule has 0 aliphatic carbocycles. The SMILES string of the molecule is COc1ccc2c(c1)N(CCCC#Cc1cccc3c1N[C@H](C)CC(=O)N3)CCC2. The molecule has 0 saturated heterocycles. The maximum absolute atomic E-state index is 11.9. The van der Waals surface area contributed by atoms with E-state index in [4.69, 9.17) is 4.74 Å². The van der Waals surface area contributed by atoms with E-state index < -0.39 is 0 Å². The molecular formula is C25H29N3O2. The number of methoxy groups -OCH3 is 1. The minimum Gasteiger partial charge on any atom is -0.497 e. The molecular weight excluding hydrogens is 374 g/mol. The van der Waals surface area contributed by atoms with Crippen LogP contribution in [0.2, 0.25) is 0 Å². The van der Waals surface area contributed by atoms with Crippen molar-refractivity contribution in [1.29, 1.82) is 0 Å². The second-order valence-corrected chi connectivity index (χ2v) is 8.02. The molecule has 5 nitrogen and oxygen atoms in total. The molecule has 5 heteroatoms. The molecule has 2 aromatic rings. The summed E-state index contributed by atoms with van der Waals surface area (Å²) in [5, 5.41) is 6.40. The fraction of sp³-hybridized carbons (Fsp3) is 0.400. The van der Waals surface area contributed by atoms with Crippen LogP contribution in [0.5, 0.6) is 5.75 Å². The number of hydrogen-bond acceptors (Lipinski definition) is 4. The van der Waals surface area contributed by atoms with Crippen molar-refractivity contribution in [2.45, 2.75) is 45.1 Å². The van der Waals surface area contributed by atoms with Crippen LogP contribution < -0.4 is 20.3 Å². The van der Waals surface area contributed by atoms with E-state index >= 15 is 0 Å². The van der Waals surface area contributed by atoms with E-state index in [1.165, 1.54) is 17.7 Å². The van der Waals surface area contributed by atoms with Crippen molar-refractivity contribution < 1.29 is 9.53 Å². The van der Waals surface area contributed by atoms with Crippen LogP contribution in [0.3, 0.4) is 0 Å². The summed E-state index contributed by atoms with van der Waals surface area (Å²) in [7, 11) is 1.72. The van der Waals surface area contributed by atoms with Gasteiger partial charge in [-0.25, -0.2) is 0 Å². The van der Waals surface area contributed by atoms with Crippen LogP contribution in [0, 0.1) is 11.8 Å². The van der Waals surface area contributed by atoms with Crippen molar-refractivity contribution in [1.82, 2.24) is 0 Å². The van der Waals surface area contributed by atoms with Gasteiger partial charge in [-0.1, -0.05) is 24.0 Å². The van der Waals surface area contributed by atoms with E-state index in [1.54, 1.807) is 7.11 Å². The van der Waals surface area contributed by atoms with Crippen molar-refractivity contribution in [3.63, 3.8) is 0 Å². The van der Waals surface area contributed by atoms with Crippen LogP contribution in [-0.4, -0.2) is 32.1 Å². The lowest BCUT2D eigenvalue weighted by atomic mass is 10.0. The van der Waals surface area contributed by atoms with Crippen molar-refractivity contribution in [3.05, 3.63) is 47.5 Å². The molecule has 0 aromatic heterocycles. The van der Waals surface area contributed by atoms with Gasteiger partial charge < -0.3 is 20.3 Å². The van der Waals surface area contributed by atoms with E-state index in [-0.39, 0.29) is 11.9 Å². The van der Waals surface area contributed by atoms with Crippen LogP contribution in [-0.2, 0) is 11.2 Å². The molecule has 0 spiro atoms. The Kier molecular flexibility index (Phi) is 6.13. The van der Waals surface area contributed by atoms with Gasteiger partial charge in [0.15, 0.2) is 0 Å². The van der Waals surface area contributed by atoms with Gasteiger partial charge in [-0.3, -0.25) is 4.79 Å². The molecule has 0 unspecified atom stereocenters. The topological polar surface area (TPSA) is 53.6 Å². The molecule has 0 saturated carbocycles. The van der Waals surface area contributed by atoms with Gasteiger partial charge >= 0.3 is 0 Å². The van der Waals surface area contributed by atoms with Crippen molar-refractivity contribution in [2.24, 2.45) is 0 Å². The van der Waals surface area contributed by atoms with Crippen LogP contribution >= 0.6 is 0 Å². The normalized spacial score (nSPS) is 17.5. The molecule has 2 N–H and O–H groups in total. The minimum absolute atomic E-state index is 0.0392. The predicted molar refractivity (Wildman–Crippen MR) is 122 cm³/mol. The Morgan fingerprint density at radius 1 is 1.27 bits per heavy atom. The quantitative estimate of drug-likeness (QED) is 0.586. The average molecular weight is 404 g/mol. The summed E-state index contributed by atoms with van der Waals surface area (Å²) in [5.74, 6) is 7.59. The maximum Gasteiger partial charge on any atom is 0.226 e. The van der Waals surface area contributed by atoms with E-state index in [0.717, 1.165) is 55.0 Å². The second-order valence-electron chi connectivity index (χ2n) is 8.02. The van der Waals surface area contributed by atoms with E-state index in [1.807, 2.05) is 31.2 Å². The predicted octanol–water partition coefficient (Wildman–Crippen LogP) is 4.42. The van der Waals surface area contributed by atoms with Gasteiger partial charge in [0.05, 0.1) is 18.5 Å². The van der Waals surface area contributed by atoms with Crippen LogP contribution in [0.4, 0.5) is 17.1 Å². The highest BCUT2D eigenvalue weighted by atomic mass is 16.5. The zero-order valence-electron chi connectivity index (χ0n) is 17.8. The van der Waals surface area contributed by atoms with E-state index in [9.17, 15) is 4.79 Å². The number of nitrogens with zero attached hydrogens (tertiary/aromatic N) is 1. The highest BCUT2D eigenvalue weighted by molar-refractivity contribution is 5.97. The summed E-state index contributed by atoms with van der Waals surface area (Å²) in [6.45, 7) is 4.10. The number of benzene rings is 2. The molecule has 0 radical (unpaired) electrons.